The van der Waals surface area contributed by atoms with Gasteiger partial charge in [-0.3, -0.25) is 9.35 Å². The third-order valence-electron chi connectivity index (χ3n) is 2.53. The van der Waals surface area contributed by atoms with Gasteiger partial charge in [-0.1, -0.05) is 17.7 Å². The molecule has 96 valence electrons. The van der Waals surface area contributed by atoms with Gasteiger partial charge in [-0.15, -0.1) is 0 Å². The van der Waals surface area contributed by atoms with Crippen molar-refractivity contribution in [3.8, 4) is 0 Å². The smallest absolute Gasteiger partial charge is 0.271 e. The predicted molar refractivity (Wildman–Crippen MR) is 68.1 cm³/mol. The Kier molecular flexibility index (Phi) is 3.43. The molecule has 0 amide bonds. The lowest BCUT2D eigenvalue weighted by Gasteiger charge is -2.05. The average Bonchev–Trinajstić information content (AvgIpc) is 2.60. The Morgan fingerprint density at radius 3 is 2.67 bits per heavy atom. The van der Waals surface area contributed by atoms with E-state index in [0.717, 1.165) is 0 Å². The van der Waals surface area contributed by atoms with E-state index in [9.17, 15) is 13.2 Å². The minimum absolute atomic E-state index is 0.153. The lowest BCUT2D eigenvalue weighted by Crippen LogP contribution is -2.16. The number of carbonyl (C=O) groups is 1. The van der Waals surface area contributed by atoms with E-state index in [1.807, 2.05) is 0 Å². The summed E-state index contributed by atoms with van der Waals surface area (Å²) in [7, 11) is -4.23. The molecule has 1 aromatic rings. The first-order chi connectivity index (χ1) is 8.36. The largest absolute Gasteiger partial charge is 0.353 e. The maximum absolute atomic E-state index is 11.6. The summed E-state index contributed by atoms with van der Waals surface area (Å²) in [6.07, 6.45) is 0.959. The summed E-state index contributed by atoms with van der Waals surface area (Å²) < 4.78 is 30.8. The Morgan fingerprint density at radius 1 is 1.39 bits per heavy atom. The van der Waals surface area contributed by atoms with Crippen LogP contribution < -0.4 is 5.32 Å². The molecule has 0 spiro atoms. The molecule has 1 aromatic carbocycles. The molecule has 5 nitrogen and oxygen atoms in total. The molecule has 0 saturated heterocycles. The van der Waals surface area contributed by atoms with Crippen molar-refractivity contribution < 1.29 is 17.8 Å². The molecule has 2 rings (SSSR count). The summed E-state index contributed by atoms with van der Waals surface area (Å²) >= 11 is 5.79. The van der Waals surface area contributed by atoms with Crippen molar-refractivity contribution in [2.45, 2.75) is 11.7 Å². The fourth-order valence-electron chi connectivity index (χ4n) is 1.65. The molecule has 0 saturated carbocycles. The van der Waals surface area contributed by atoms with Crippen molar-refractivity contribution in [3.05, 3.63) is 41.1 Å². The fourth-order valence-corrected chi connectivity index (χ4v) is 2.52. The summed E-state index contributed by atoms with van der Waals surface area (Å²) in [5.41, 5.74) is 0.734. The summed E-state index contributed by atoms with van der Waals surface area (Å²) in [6.45, 7) is 0. The average molecular weight is 288 g/mol. The van der Waals surface area contributed by atoms with Crippen LogP contribution in [0.4, 0.5) is 5.69 Å². The van der Waals surface area contributed by atoms with Crippen LogP contribution in [0.2, 0.25) is 5.02 Å². The second-order valence-corrected chi connectivity index (χ2v) is 5.97. The van der Waals surface area contributed by atoms with Gasteiger partial charge in [0, 0.05) is 17.1 Å². The molecule has 1 aliphatic rings. The standard InChI is InChI=1S/C11H10ClNO4S/c12-7-2-1-3-8(4-7)13-10-5-9(6-11(10)14)18(15,16)17/h1-5,9,13H,6H2,(H,15,16,17). The molecule has 0 aromatic heterocycles. The van der Waals surface area contributed by atoms with Crippen molar-refractivity contribution in [2.75, 3.05) is 5.32 Å². The molecular weight excluding hydrogens is 278 g/mol. The van der Waals surface area contributed by atoms with Gasteiger partial charge in [0.05, 0.1) is 5.70 Å². The van der Waals surface area contributed by atoms with Crippen LogP contribution in [0.5, 0.6) is 0 Å². The molecule has 0 radical (unpaired) electrons. The molecule has 0 fully saturated rings. The number of nitrogens with one attached hydrogen (secondary N) is 1. The SMILES string of the molecule is O=C1CC(S(=O)(=O)O)C=C1Nc1cccc(Cl)c1. The van der Waals surface area contributed by atoms with Crippen LogP contribution in [-0.4, -0.2) is 24.0 Å². The number of benzene rings is 1. The van der Waals surface area contributed by atoms with Crippen LogP contribution in [0.3, 0.4) is 0 Å². The number of hydrogen-bond acceptors (Lipinski definition) is 4. The molecule has 0 aliphatic heterocycles. The Balaban J connectivity index is 2.22. The maximum Gasteiger partial charge on any atom is 0.271 e. The van der Waals surface area contributed by atoms with Crippen LogP contribution in [-0.2, 0) is 14.9 Å². The number of ketones is 1. The normalized spacial score (nSPS) is 19.8. The highest BCUT2D eigenvalue weighted by molar-refractivity contribution is 7.86. The summed E-state index contributed by atoms with van der Waals surface area (Å²) in [6, 6.07) is 6.68. The van der Waals surface area contributed by atoms with Gasteiger partial charge in [-0.05, 0) is 24.3 Å². The number of rotatable bonds is 3. The number of anilines is 1. The third kappa shape index (κ3) is 2.90. The number of Topliss-reactive ketones (excluding diaryl/α,β-unsaturated/α-hetero) is 1. The fraction of sp³-hybridized carbons (Fsp3) is 0.182. The highest BCUT2D eigenvalue weighted by atomic mass is 35.5. The van der Waals surface area contributed by atoms with E-state index in [1.54, 1.807) is 24.3 Å². The van der Waals surface area contributed by atoms with Gasteiger partial charge < -0.3 is 5.32 Å². The Labute approximate surface area is 109 Å². The quantitative estimate of drug-likeness (QED) is 0.829. The minimum atomic E-state index is -4.23. The predicted octanol–water partition coefficient (Wildman–Crippen LogP) is 1.86. The molecule has 0 bridgehead atoms. The highest BCUT2D eigenvalue weighted by Gasteiger charge is 2.32. The lowest BCUT2D eigenvalue weighted by molar-refractivity contribution is -0.114. The van der Waals surface area contributed by atoms with E-state index in [4.69, 9.17) is 16.2 Å². The molecule has 1 atom stereocenters. The first-order valence-electron chi connectivity index (χ1n) is 5.10. The van der Waals surface area contributed by atoms with Gasteiger partial charge in [0.25, 0.3) is 10.1 Å². The van der Waals surface area contributed by atoms with Crippen LogP contribution in [0.25, 0.3) is 0 Å². The van der Waals surface area contributed by atoms with Crippen LogP contribution in [0.15, 0.2) is 36.0 Å². The molecule has 18 heavy (non-hydrogen) atoms. The molecule has 2 N–H and O–H groups in total. The first-order valence-corrected chi connectivity index (χ1v) is 6.98. The number of allylic oxidation sites excluding steroid dienone is 1. The van der Waals surface area contributed by atoms with E-state index in [2.05, 4.69) is 5.32 Å². The van der Waals surface area contributed by atoms with E-state index < -0.39 is 15.4 Å². The summed E-state index contributed by atoms with van der Waals surface area (Å²) in [5.74, 6) is -0.363. The van der Waals surface area contributed by atoms with Gasteiger partial charge in [-0.25, -0.2) is 0 Å². The zero-order valence-corrected chi connectivity index (χ0v) is 10.7. The minimum Gasteiger partial charge on any atom is -0.353 e. The zero-order chi connectivity index (χ0) is 13.3. The maximum atomic E-state index is 11.6. The summed E-state index contributed by atoms with van der Waals surface area (Å²) in [4.78, 5) is 11.6. The van der Waals surface area contributed by atoms with Gasteiger partial charge in [-0.2, -0.15) is 8.42 Å². The van der Waals surface area contributed by atoms with Gasteiger partial charge in [0.2, 0.25) is 0 Å². The Hall–Kier alpha value is -1.37. The van der Waals surface area contributed by atoms with E-state index in [0.29, 0.717) is 10.7 Å². The Bertz CT molecular complexity index is 624. The van der Waals surface area contributed by atoms with Gasteiger partial charge >= 0.3 is 0 Å². The molecule has 1 unspecified atom stereocenters. The van der Waals surface area contributed by atoms with E-state index in [1.165, 1.54) is 6.08 Å². The number of halogens is 1. The van der Waals surface area contributed by atoms with Gasteiger partial charge in [0.1, 0.15) is 5.25 Å². The van der Waals surface area contributed by atoms with Crippen LogP contribution >= 0.6 is 11.6 Å². The topological polar surface area (TPSA) is 83.5 Å². The Morgan fingerprint density at radius 2 is 2.11 bits per heavy atom. The van der Waals surface area contributed by atoms with Crippen molar-refractivity contribution in [3.63, 3.8) is 0 Å². The van der Waals surface area contributed by atoms with E-state index in [-0.39, 0.29) is 17.9 Å². The second-order valence-electron chi connectivity index (χ2n) is 3.90. The third-order valence-corrected chi connectivity index (χ3v) is 3.83. The monoisotopic (exact) mass is 287 g/mol. The second kappa shape index (κ2) is 4.72. The van der Waals surface area contributed by atoms with Gasteiger partial charge in [0.15, 0.2) is 5.78 Å². The lowest BCUT2D eigenvalue weighted by atomic mass is 10.3. The molecule has 0 heterocycles. The van der Waals surface area contributed by atoms with Crippen molar-refractivity contribution in [1.82, 2.24) is 0 Å². The van der Waals surface area contributed by atoms with E-state index >= 15 is 0 Å². The highest BCUT2D eigenvalue weighted by Crippen LogP contribution is 2.23. The summed E-state index contributed by atoms with van der Waals surface area (Å²) in [5, 5.41) is 2.11. The first kappa shape index (κ1) is 13.1. The van der Waals surface area contributed by atoms with Crippen LogP contribution in [0, 0.1) is 0 Å². The zero-order valence-electron chi connectivity index (χ0n) is 9.13. The molecule has 7 heteroatoms. The van der Waals surface area contributed by atoms with Crippen molar-refractivity contribution in [2.24, 2.45) is 0 Å². The van der Waals surface area contributed by atoms with Crippen LogP contribution in [0.1, 0.15) is 6.42 Å². The number of hydrogen-bond donors (Lipinski definition) is 2. The molecular formula is C11H10ClNO4S. The van der Waals surface area contributed by atoms with Crippen molar-refractivity contribution in [1.29, 1.82) is 0 Å². The molecule has 1 aliphatic carbocycles. The van der Waals surface area contributed by atoms with Crippen molar-refractivity contribution >= 4 is 33.2 Å². The number of carbonyl (C=O) groups excluding carboxylic acids is 1.